The molecule has 0 saturated heterocycles. The molecule has 0 fully saturated rings. The molecule has 0 aliphatic carbocycles. The zero-order valence-corrected chi connectivity index (χ0v) is 16.0. The highest BCUT2D eigenvalue weighted by atomic mass is 16.5. The SMILES string of the molecule is Cc1c2cc[nH]c(=O)c2c(C)c2c1[nH]c1ccc(OC(=O)c3ccccc3)cc12. The predicted octanol–water partition coefficient (Wildman–Crippen LogP) is 5.00. The van der Waals surface area contributed by atoms with Crippen LogP contribution in [0.1, 0.15) is 21.5 Å². The minimum absolute atomic E-state index is 0.106. The summed E-state index contributed by atoms with van der Waals surface area (Å²) in [7, 11) is 0. The number of aryl methyl sites for hydroxylation is 2. The normalized spacial score (nSPS) is 11.4. The van der Waals surface area contributed by atoms with Crippen molar-refractivity contribution in [1.82, 2.24) is 9.97 Å². The number of aromatic nitrogens is 2. The van der Waals surface area contributed by atoms with E-state index >= 15 is 0 Å². The smallest absolute Gasteiger partial charge is 0.343 e. The minimum atomic E-state index is -0.403. The van der Waals surface area contributed by atoms with Gasteiger partial charge in [0.05, 0.1) is 16.5 Å². The maximum absolute atomic E-state index is 12.5. The molecule has 5 heteroatoms. The highest BCUT2D eigenvalue weighted by molar-refractivity contribution is 6.16. The first-order chi connectivity index (χ1) is 14.0. The van der Waals surface area contributed by atoms with Gasteiger partial charge in [-0.15, -0.1) is 0 Å². The van der Waals surface area contributed by atoms with Gasteiger partial charge in [0.2, 0.25) is 0 Å². The molecule has 0 aliphatic rings. The number of nitrogens with one attached hydrogen (secondary N) is 2. The van der Waals surface area contributed by atoms with Gasteiger partial charge in [0.25, 0.3) is 5.56 Å². The van der Waals surface area contributed by atoms with E-state index < -0.39 is 5.97 Å². The van der Waals surface area contributed by atoms with Crippen molar-refractivity contribution in [3.05, 3.63) is 87.8 Å². The molecule has 142 valence electrons. The van der Waals surface area contributed by atoms with Crippen molar-refractivity contribution in [3.8, 4) is 5.75 Å². The Kier molecular flexibility index (Phi) is 3.77. The lowest BCUT2D eigenvalue weighted by molar-refractivity contribution is 0.0735. The number of esters is 1. The first kappa shape index (κ1) is 17.3. The predicted molar refractivity (Wildman–Crippen MR) is 115 cm³/mol. The third kappa shape index (κ3) is 2.63. The molecule has 0 unspecified atom stereocenters. The van der Waals surface area contributed by atoms with Crippen LogP contribution in [0.15, 0.2) is 65.6 Å². The van der Waals surface area contributed by atoms with Gasteiger partial charge in [-0.05, 0) is 66.8 Å². The molecule has 2 heterocycles. The second-order valence-corrected chi connectivity index (χ2v) is 7.18. The molecule has 5 rings (SSSR count). The summed E-state index contributed by atoms with van der Waals surface area (Å²) in [5.74, 6) is 0.0611. The van der Waals surface area contributed by atoms with E-state index in [9.17, 15) is 9.59 Å². The molecule has 2 aromatic heterocycles. The summed E-state index contributed by atoms with van der Waals surface area (Å²) >= 11 is 0. The van der Waals surface area contributed by atoms with Crippen LogP contribution < -0.4 is 10.3 Å². The Labute approximate surface area is 165 Å². The molecule has 0 amide bonds. The van der Waals surface area contributed by atoms with E-state index in [1.54, 1.807) is 36.5 Å². The van der Waals surface area contributed by atoms with E-state index in [-0.39, 0.29) is 5.56 Å². The molecular formula is C24H18N2O3. The monoisotopic (exact) mass is 382 g/mol. The molecule has 5 aromatic rings. The number of pyridine rings is 1. The zero-order valence-electron chi connectivity index (χ0n) is 16.0. The number of hydrogen-bond donors (Lipinski definition) is 2. The largest absolute Gasteiger partial charge is 0.423 e. The third-order valence-corrected chi connectivity index (χ3v) is 5.48. The van der Waals surface area contributed by atoms with Crippen LogP contribution in [0.3, 0.4) is 0 Å². The fourth-order valence-corrected chi connectivity index (χ4v) is 4.07. The lowest BCUT2D eigenvalue weighted by atomic mass is 9.97. The van der Waals surface area contributed by atoms with Crippen molar-refractivity contribution in [2.24, 2.45) is 0 Å². The summed E-state index contributed by atoms with van der Waals surface area (Å²) in [6.07, 6.45) is 1.67. The molecule has 3 aromatic carbocycles. The van der Waals surface area contributed by atoms with Gasteiger partial charge in [0.15, 0.2) is 0 Å². The van der Waals surface area contributed by atoms with Gasteiger partial charge >= 0.3 is 5.97 Å². The van der Waals surface area contributed by atoms with Crippen molar-refractivity contribution < 1.29 is 9.53 Å². The van der Waals surface area contributed by atoms with Crippen molar-refractivity contribution in [3.63, 3.8) is 0 Å². The number of fused-ring (bicyclic) bond motifs is 4. The number of benzene rings is 3. The average Bonchev–Trinajstić information content (AvgIpc) is 3.12. The molecular weight excluding hydrogens is 364 g/mol. The van der Waals surface area contributed by atoms with Gasteiger partial charge in [-0.1, -0.05) is 18.2 Å². The van der Waals surface area contributed by atoms with Crippen LogP contribution in [0.25, 0.3) is 32.6 Å². The Morgan fingerprint density at radius 3 is 2.48 bits per heavy atom. The van der Waals surface area contributed by atoms with Crippen molar-refractivity contribution in [2.45, 2.75) is 13.8 Å². The van der Waals surface area contributed by atoms with Crippen LogP contribution in [0, 0.1) is 13.8 Å². The van der Waals surface area contributed by atoms with E-state index in [0.717, 1.165) is 38.3 Å². The van der Waals surface area contributed by atoms with Crippen LogP contribution >= 0.6 is 0 Å². The summed E-state index contributed by atoms with van der Waals surface area (Å²) in [5.41, 5.74) is 4.23. The fraction of sp³-hybridized carbons (Fsp3) is 0.0833. The Morgan fingerprint density at radius 2 is 1.69 bits per heavy atom. The van der Waals surface area contributed by atoms with E-state index in [2.05, 4.69) is 9.97 Å². The number of aromatic amines is 2. The van der Waals surface area contributed by atoms with E-state index in [4.69, 9.17) is 4.74 Å². The van der Waals surface area contributed by atoms with Crippen LogP contribution in [0.2, 0.25) is 0 Å². The molecule has 5 nitrogen and oxygen atoms in total. The summed E-state index contributed by atoms with van der Waals surface area (Å²) in [4.78, 5) is 31.1. The van der Waals surface area contributed by atoms with Crippen LogP contribution in [-0.4, -0.2) is 15.9 Å². The average molecular weight is 382 g/mol. The minimum Gasteiger partial charge on any atom is -0.423 e. The summed E-state index contributed by atoms with van der Waals surface area (Å²) in [6.45, 7) is 3.96. The summed E-state index contributed by atoms with van der Waals surface area (Å²) in [6, 6.07) is 16.3. The quantitative estimate of drug-likeness (QED) is 0.333. The van der Waals surface area contributed by atoms with E-state index in [1.807, 2.05) is 38.1 Å². The van der Waals surface area contributed by atoms with Gasteiger partial charge in [0, 0.05) is 22.5 Å². The van der Waals surface area contributed by atoms with Gasteiger partial charge < -0.3 is 14.7 Å². The molecule has 0 spiro atoms. The maximum Gasteiger partial charge on any atom is 0.343 e. The second-order valence-electron chi connectivity index (χ2n) is 7.18. The van der Waals surface area contributed by atoms with Gasteiger partial charge in [-0.25, -0.2) is 4.79 Å². The van der Waals surface area contributed by atoms with Crippen molar-refractivity contribution in [2.75, 3.05) is 0 Å². The number of H-pyrrole nitrogens is 2. The van der Waals surface area contributed by atoms with Gasteiger partial charge in [0.1, 0.15) is 5.75 Å². The molecule has 0 bridgehead atoms. The number of hydrogen-bond acceptors (Lipinski definition) is 3. The summed E-state index contributed by atoms with van der Waals surface area (Å²) < 4.78 is 5.59. The van der Waals surface area contributed by atoms with Crippen molar-refractivity contribution >= 4 is 38.5 Å². The highest BCUT2D eigenvalue weighted by Crippen LogP contribution is 2.36. The molecule has 0 saturated carbocycles. The van der Waals surface area contributed by atoms with Gasteiger partial charge in [-0.3, -0.25) is 4.79 Å². The molecule has 0 radical (unpaired) electrons. The Hall–Kier alpha value is -3.86. The van der Waals surface area contributed by atoms with E-state index in [1.165, 1.54) is 0 Å². The number of carbonyl (C=O) groups is 1. The summed E-state index contributed by atoms with van der Waals surface area (Å²) in [5, 5.41) is 3.51. The highest BCUT2D eigenvalue weighted by Gasteiger charge is 2.17. The van der Waals surface area contributed by atoms with Crippen LogP contribution in [0.4, 0.5) is 0 Å². The molecule has 0 aliphatic heterocycles. The first-order valence-electron chi connectivity index (χ1n) is 9.38. The topological polar surface area (TPSA) is 74.9 Å². The maximum atomic E-state index is 12.5. The van der Waals surface area contributed by atoms with Crippen LogP contribution in [0.5, 0.6) is 5.75 Å². The number of ether oxygens (including phenoxy) is 1. The van der Waals surface area contributed by atoms with Gasteiger partial charge in [-0.2, -0.15) is 0 Å². The standard InChI is InChI=1S/C24H18N2O3/c1-13-17-10-11-25-23(27)21(17)14(2)20-18-12-16(8-9-19(18)26-22(13)20)29-24(28)15-6-4-3-5-7-15/h3-12,26H,1-2H3,(H,25,27). The zero-order chi connectivity index (χ0) is 20.1. The molecule has 29 heavy (non-hydrogen) atoms. The van der Waals surface area contributed by atoms with E-state index in [0.29, 0.717) is 16.7 Å². The Balaban J connectivity index is 1.72. The Morgan fingerprint density at radius 1 is 0.897 bits per heavy atom. The Bertz CT molecular complexity index is 1480. The fourth-order valence-electron chi connectivity index (χ4n) is 4.07. The number of carbonyl (C=O) groups excluding carboxylic acids is 1. The second kappa shape index (κ2) is 6.34. The third-order valence-electron chi connectivity index (χ3n) is 5.48. The van der Waals surface area contributed by atoms with Crippen LogP contribution in [-0.2, 0) is 0 Å². The first-order valence-corrected chi connectivity index (χ1v) is 9.38. The lowest BCUT2D eigenvalue weighted by Gasteiger charge is -2.08. The van der Waals surface area contributed by atoms with Crippen molar-refractivity contribution in [1.29, 1.82) is 0 Å². The number of rotatable bonds is 2. The lowest BCUT2D eigenvalue weighted by Crippen LogP contribution is -2.08. The molecule has 2 N–H and O–H groups in total. The molecule has 0 atom stereocenters.